The second-order valence-corrected chi connectivity index (χ2v) is 8.90. The standard InChI is InChI=1S/C27H20N6S/c1-18-29-26-24(23-16-22(32-33(18)23)20-10-6-3-7-11-20)25(21-12-14-28-15-13-21)30-31-27(26)34-17-19-8-4-2-5-9-19/h2-16H,17H2,1H3. The van der Waals surface area contributed by atoms with Crippen LogP contribution >= 0.6 is 11.8 Å². The summed E-state index contributed by atoms with van der Waals surface area (Å²) >= 11 is 1.65. The molecule has 7 heteroatoms. The molecule has 0 aliphatic heterocycles. The summed E-state index contributed by atoms with van der Waals surface area (Å²) in [4.78, 5) is 9.14. The molecule has 0 radical (unpaired) electrons. The number of rotatable bonds is 5. The van der Waals surface area contributed by atoms with Crippen LogP contribution in [0.5, 0.6) is 0 Å². The lowest BCUT2D eigenvalue weighted by atomic mass is 10.1. The van der Waals surface area contributed by atoms with Crippen LogP contribution in [-0.4, -0.2) is 29.8 Å². The van der Waals surface area contributed by atoms with E-state index in [1.165, 1.54) is 5.56 Å². The Hall–Kier alpha value is -4.10. The van der Waals surface area contributed by atoms with Gasteiger partial charge in [-0.25, -0.2) is 9.50 Å². The second kappa shape index (κ2) is 8.68. The van der Waals surface area contributed by atoms with Gasteiger partial charge in [0, 0.05) is 29.3 Å². The van der Waals surface area contributed by atoms with Crippen molar-refractivity contribution in [1.29, 1.82) is 0 Å². The minimum Gasteiger partial charge on any atom is -0.265 e. The number of fused-ring (bicyclic) bond motifs is 3. The molecule has 0 saturated heterocycles. The molecule has 2 aromatic carbocycles. The Kier molecular flexibility index (Phi) is 5.24. The summed E-state index contributed by atoms with van der Waals surface area (Å²) < 4.78 is 1.91. The molecule has 6 rings (SSSR count). The first-order valence-corrected chi connectivity index (χ1v) is 12.0. The topological polar surface area (TPSA) is 68.9 Å². The van der Waals surface area contributed by atoms with E-state index in [0.717, 1.165) is 55.5 Å². The average molecular weight is 461 g/mol. The van der Waals surface area contributed by atoms with Crippen LogP contribution in [0, 0.1) is 6.92 Å². The molecule has 0 unspecified atom stereocenters. The van der Waals surface area contributed by atoms with Gasteiger partial charge in [-0.15, -0.1) is 10.2 Å². The number of hydrogen-bond acceptors (Lipinski definition) is 6. The first-order chi connectivity index (χ1) is 16.8. The Bertz CT molecular complexity index is 1600. The Labute approximate surface area is 200 Å². The van der Waals surface area contributed by atoms with Crippen LogP contribution in [0.25, 0.3) is 38.9 Å². The van der Waals surface area contributed by atoms with Crippen LogP contribution in [0.2, 0.25) is 0 Å². The molecule has 0 N–H and O–H groups in total. The minimum atomic E-state index is 0.776. The number of benzene rings is 2. The van der Waals surface area contributed by atoms with Crippen molar-refractivity contribution in [3.05, 3.63) is 103 Å². The van der Waals surface area contributed by atoms with E-state index >= 15 is 0 Å². The molecule has 6 aromatic rings. The zero-order valence-corrected chi connectivity index (χ0v) is 19.3. The van der Waals surface area contributed by atoms with Crippen molar-refractivity contribution in [2.45, 2.75) is 17.7 Å². The highest BCUT2D eigenvalue weighted by Gasteiger charge is 2.19. The first kappa shape index (κ1) is 20.5. The van der Waals surface area contributed by atoms with Crippen LogP contribution in [0.3, 0.4) is 0 Å². The first-order valence-electron chi connectivity index (χ1n) is 11.0. The fourth-order valence-electron chi connectivity index (χ4n) is 4.06. The molecule has 0 atom stereocenters. The van der Waals surface area contributed by atoms with Crippen molar-refractivity contribution in [3.8, 4) is 22.5 Å². The summed E-state index contributed by atoms with van der Waals surface area (Å²) in [5.74, 6) is 1.60. The summed E-state index contributed by atoms with van der Waals surface area (Å²) in [6.07, 6.45) is 3.54. The van der Waals surface area contributed by atoms with Crippen LogP contribution in [0.15, 0.2) is 96.3 Å². The summed E-state index contributed by atoms with van der Waals surface area (Å²) in [6.45, 7) is 1.98. The number of aromatic nitrogens is 6. The molecular formula is C27H20N6S. The van der Waals surface area contributed by atoms with Crippen molar-refractivity contribution in [2.75, 3.05) is 0 Å². The van der Waals surface area contributed by atoms with Gasteiger partial charge in [0.1, 0.15) is 22.1 Å². The Morgan fingerprint density at radius 1 is 0.824 bits per heavy atom. The van der Waals surface area contributed by atoms with Gasteiger partial charge in [0.25, 0.3) is 0 Å². The van der Waals surface area contributed by atoms with Gasteiger partial charge in [-0.2, -0.15) is 5.10 Å². The van der Waals surface area contributed by atoms with Gasteiger partial charge in [-0.05, 0) is 30.7 Å². The lowest BCUT2D eigenvalue weighted by Gasteiger charge is -2.11. The average Bonchev–Trinajstić information content (AvgIpc) is 3.36. The molecule has 0 fully saturated rings. The van der Waals surface area contributed by atoms with E-state index in [1.807, 2.05) is 47.8 Å². The van der Waals surface area contributed by atoms with Crippen molar-refractivity contribution in [2.24, 2.45) is 0 Å². The van der Waals surface area contributed by atoms with Gasteiger partial charge >= 0.3 is 0 Å². The summed E-state index contributed by atoms with van der Waals surface area (Å²) in [5, 5.41) is 15.9. The van der Waals surface area contributed by atoms with E-state index < -0.39 is 0 Å². The van der Waals surface area contributed by atoms with Gasteiger partial charge < -0.3 is 0 Å². The van der Waals surface area contributed by atoms with Crippen LogP contribution in [-0.2, 0) is 5.75 Å². The highest BCUT2D eigenvalue weighted by atomic mass is 32.2. The maximum Gasteiger partial charge on any atom is 0.146 e. The number of pyridine rings is 1. The third-order valence-electron chi connectivity index (χ3n) is 5.70. The fourth-order valence-corrected chi connectivity index (χ4v) is 4.94. The van der Waals surface area contributed by atoms with E-state index in [4.69, 9.17) is 10.1 Å². The van der Waals surface area contributed by atoms with E-state index in [-0.39, 0.29) is 0 Å². The molecule has 0 aliphatic carbocycles. The monoisotopic (exact) mass is 460 g/mol. The largest absolute Gasteiger partial charge is 0.265 e. The highest BCUT2D eigenvalue weighted by molar-refractivity contribution is 7.98. The van der Waals surface area contributed by atoms with Crippen molar-refractivity contribution in [1.82, 2.24) is 29.8 Å². The maximum absolute atomic E-state index is 4.97. The van der Waals surface area contributed by atoms with Crippen molar-refractivity contribution in [3.63, 3.8) is 0 Å². The molecule has 6 nitrogen and oxygen atoms in total. The highest BCUT2D eigenvalue weighted by Crippen LogP contribution is 2.36. The lowest BCUT2D eigenvalue weighted by molar-refractivity contribution is 0.866. The zero-order chi connectivity index (χ0) is 22.9. The molecule has 0 amide bonds. The second-order valence-electron chi connectivity index (χ2n) is 7.94. The fraction of sp³-hybridized carbons (Fsp3) is 0.0741. The quantitative estimate of drug-likeness (QED) is 0.294. The lowest BCUT2D eigenvalue weighted by Crippen LogP contribution is -2.03. The van der Waals surface area contributed by atoms with Crippen molar-refractivity contribution < 1.29 is 0 Å². The molecule has 0 aliphatic rings. The van der Waals surface area contributed by atoms with Gasteiger partial charge in [0.2, 0.25) is 0 Å². The van der Waals surface area contributed by atoms with Gasteiger partial charge in [-0.1, -0.05) is 72.4 Å². The maximum atomic E-state index is 4.97. The van der Waals surface area contributed by atoms with Gasteiger partial charge in [0.15, 0.2) is 0 Å². The SMILES string of the molecule is Cc1nc2c(SCc3ccccc3)nnc(-c3ccncc3)c2c2cc(-c3ccccc3)nn12. The number of nitrogens with zero attached hydrogens (tertiary/aromatic N) is 6. The molecule has 0 saturated carbocycles. The molecule has 164 valence electrons. The Balaban J connectivity index is 1.59. The molecule has 4 heterocycles. The summed E-state index contributed by atoms with van der Waals surface area (Å²) in [5.41, 5.74) is 6.71. The molecule has 4 aromatic heterocycles. The predicted octanol–water partition coefficient (Wildman–Crippen LogP) is 6.00. The van der Waals surface area contributed by atoms with E-state index in [2.05, 4.69) is 57.6 Å². The smallest absolute Gasteiger partial charge is 0.146 e. The molecule has 0 bridgehead atoms. The number of aryl methyl sites for hydroxylation is 1. The Morgan fingerprint density at radius 2 is 1.56 bits per heavy atom. The van der Waals surface area contributed by atoms with E-state index in [0.29, 0.717) is 0 Å². The third-order valence-corrected chi connectivity index (χ3v) is 6.73. The normalized spacial score (nSPS) is 11.3. The number of hydrogen-bond donors (Lipinski definition) is 0. The molecule has 34 heavy (non-hydrogen) atoms. The third kappa shape index (κ3) is 3.70. The van der Waals surface area contributed by atoms with Gasteiger partial charge in [0.05, 0.1) is 16.6 Å². The molecule has 0 spiro atoms. The minimum absolute atomic E-state index is 0.776. The van der Waals surface area contributed by atoms with E-state index in [1.54, 1.807) is 24.2 Å². The molecular weight excluding hydrogens is 440 g/mol. The Morgan fingerprint density at radius 3 is 2.32 bits per heavy atom. The summed E-state index contributed by atoms with van der Waals surface area (Å²) in [7, 11) is 0. The van der Waals surface area contributed by atoms with Crippen LogP contribution in [0.1, 0.15) is 11.4 Å². The van der Waals surface area contributed by atoms with Crippen LogP contribution in [0.4, 0.5) is 0 Å². The van der Waals surface area contributed by atoms with Gasteiger partial charge in [-0.3, -0.25) is 4.98 Å². The predicted molar refractivity (Wildman–Crippen MR) is 135 cm³/mol. The van der Waals surface area contributed by atoms with Crippen LogP contribution < -0.4 is 0 Å². The van der Waals surface area contributed by atoms with E-state index in [9.17, 15) is 0 Å². The van der Waals surface area contributed by atoms with Crippen molar-refractivity contribution >= 4 is 28.2 Å². The number of thioether (sulfide) groups is 1. The zero-order valence-electron chi connectivity index (χ0n) is 18.5. The summed E-state index contributed by atoms with van der Waals surface area (Å²) in [6, 6.07) is 26.6.